The number of imidazole rings is 1. The minimum Gasteiger partial charge on any atom is -0.307 e. The van der Waals surface area contributed by atoms with E-state index in [1.807, 2.05) is 46.5 Å². The van der Waals surface area contributed by atoms with Gasteiger partial charge in [-0.05, 0) is 75.3 Å². The Morgan fingerprint density at radius 2 is 1.86 bits per heavy atom. The molecule has 0 spiro atoms. The predicted molar refractivity (Wildman–Crippen MR) is 111 cm³/mol. The summed E-state index contributed by atoms with van der Waals surface area (Å²) in [7, 11) is 2.13. The maximum absolute atomic E-state index is 13.2. The Morgan fingerprint density at radius 1 is 1.07 bits per heavy atom. The van der Waals surface area contributed by atoms with Gasteiger partial charge in [-0.2, -0.15) is 0 Å². The fourth-order valence-electron chi connectivity index (χ4n) is 4.14. The standard InChI is InChI=1S/C22H23N5O/c1-15-13-26-10-5-17(12-21(26)24-15)16-3-4-20-19(11-16)22(28)27(14-23-20)18-6-8-25(2)9-7-18/h3-5,10-14,18H,6-9H2,1-2H3. The van der Waals surface area contributed by atoms with Gasteiger partial charge in [0, 0.05) is 18.4 Å². The van der Waals surface area contributed by atoms with E-state index < -0.39 is 0 Å². The van der Waals surface area contributed by atoms with Gasteiger partial charge in [-0.25, -0.2) is 9.97 Å². The van der Waals surface area contributed by atoms with Crippen LogP contribution in [-0.4, -0.2) is 44.0 Å². The van der Waals surface area contributed by atoms with Crippen molar-refractivity contribution in [2.75, 3.05) is 20.1 Å². The number of rotatable bonds is 2. The highest BCUT2D eigenvalue weighted by Crippen LogP contribution is 2.25. The van der Waals surface area contributed by atoms with E-state index >= 15 is 0 Å². The van der Waals surface area contributed by atoms with Crippen molar-refractivity contribution in [1.29, 1.82) is 0 Å². The average molecular weight is 373 g/mol. The lowest BCUT2D eigenvalue weighted by Gasteiger charge is -2.30. The molecule has 1 aliphatic heterocycles. The molecule has 28 heavy (non-hydrogen) atoms. The Morgan fingerprint density at radius 3 is 2.68 bits per heavy atom. The van der Waals surface area contributed by atoms with Gasteiger partial charge in [0.05, 0.1) is 22.9 Å². The van der Waals surface area contributed by atoms with Crippen molar-refractivity contribution in [3.63, 3.8) is 0 Å². The minimum atomic E-state index is 0.0548. The lowest BCUT2D eigenvalue weighted by atomic mass is 10.0. The molecule has 1 saturated heterocycles. The molecular formula is C22H23N5O. The van der Waals surface area contributed by atoms with Crippen LogP contribution >= 0.6 is 0 Å². The lowest BCUT2D eigenvalue weighted by Crippen LogP contribution is -2.35. The maximum Gasteiger partial charge on any atom is 0.261 e. The Kier molecular flexibility index (Phi) is 4.02. The van der Waals surface area contributed by atoms with E-state index in [0.29, 0.717) is 5.39 Å². The normalized spacial score (nSPS) is 16.2. The number of benzene rings is 1. The van der Waals surface area contributed by atoms with Gasteiger partial charge in [0.1, 0.15) is 5.65 Å². The molecule has 3 aromatic heterocycles. The molecule has 142 valence electrons. The van der Waals surface area contributed by atoms with Gasteiger partial charge in [0.15, 0.2) is 0 Å². The maximum atomic E-state index is 13.2. The van der Waals surface area contributed by atoms with Gasteiger partial charge in [0.25, 0.3) is 5.56 Å². The highest BCUT2D eigenvalue weighted by atomic mass is 16.1. The van der Waals surface area contributed by atoms with E-state index in [1.54, 1.807) is 6.33 Å². The van der Waals surface area contributed by atoms with Crippen LogP contribution in [0.25, 0.3) is 27.7 Å². The molecule has 0 N–H and O–H groups in total. The summed E-state index contributed by atoms with van der Waals surface area (Å²) in [5.74, 6) is 0. The SMILES string of the molecule is Cc1cn2ccc(-c3ccc4ncn(C5CCN(C)CC5)c(=O)c4c3)cc2n1. The van der Waals surface area contributed by atoms with Crippen molar-refractivity contribution in [3.05, 3.63) is 65.1 Å². The van der Waals surface area contributed by atoms with Crippen molar-refractivity contribution < 1.29 is 0 Å². The quantitative estimate of drug-likeness (QED) is 0.541. The molecule has 0 radical (unpaired) electrons. The Hall–Kier alpha value is -2.99. The zero-order chi connectivity index (χ0) is 19.3. The predicted octanol–water partition coefficient (Wildman–Crippen LogP) is 3.29. The molecule has 4 heterocycles. The Balaban J connectivity index is 1.59. The molecule has 6 heteroatoms. The summed E-state index contributed by atoms with van der Waals surface area (Å²) in [4.78, 5) is 24.6. The number of piperidine rings is 1. The minimum absolute atomic E-state index is 0.0548. The van der Waals surface area contributed by atoms with Crippen LogP contribution in [-0.2, 0) is 0 Å². The summed E-state index contributed by atoms with van der Waals surface area (Å²) in [6.45, 7) is 4.01. The number of hydrogen-bond donors (Lipinski definition) is 0. The summed E-state index contributed by atoms with van der Waals surface area (Å²) in [5, 5.41) is 0.679. The first-order valence-corrected chi connectivity index (χ1v) is 9.74. The van der Waals surface area contributed by atoms with E-state index in [2.05, 4.69) is 34.0 Å². The van der Waals surface area contributed by atoms with Crippen LogP contribution in [0.3, 0.4) is 0 Å². The Bertz CT molecular complexity index is 1230. The molecule has 0 aliphatic carbocycles. The van der Waals surface area contributed by atoms with Gasteiger partial charge in [-0.3, -0.25) is 9.36 Å². The van der Waals surface area contributed by atoms with Gasteiger partial charge >= 0.3 is 0 Å². The fraction of sp³-hybridized carbons (Fsp3) is 0.318. The van der Waals surface area contributed by atoms with E-state index in [-0.39, 0.29) is 11.6 Å². The van der Waals surface area contributed by atoms with Crippen LogP contribution < -0.4 is 5.56 Å². The molecule has 0 amide bonds. The fourth-order valence-corrected chi connectivity index (χ4v) is 4.14. The van der Waals surface area contributed by atoms with Crippen molar-refractivity contribution in [1.82, 2.24) is 23.8 Å². The van der Waals surface area contributed by atoms with Gasteiger partial charge in [-0.1, -0.05) is 6.07 Å². The molecule has 5 rings (SSSR count). The third-order valence-corrected chi connectivity index (χ3v) is 5.78. The van der Waals surface area contributed by atoms with Crippen LogP contribution in [0.5, 0.6) is 0 Å². The Labute approximate surface area is 163 Å². The summed E-state index contributed by atoms with van der Waals surface area (Å²) in [6.07, 6.45) is 7.71. The van der Waals surface area contributed by atoms with Gasteiger partial charge in [-0.15, -0.1) is 0 Å². The second-order valence-corrected chi connectivity index (χ2v) is 7.79. The molecule has 1 fully saturated rings. The molecule has 6 nitrogen and oxygen atoms in total. The van der Waals surface area contributed by atoms with E-state index in [4.69, 9.17) is 0 Å². The number of fused-ring (bicyclic) bond motifs is 2. The number of aryl methyl sites for hydroxylation is 1. The molecule has 0 unspecified atom stereocenters. The lowest BCUT2D eigenvalue weighted by molar-refractivity contribution is 0.218. The summed E-state index contributed by atoms with van der Waals surface area (Å²) >= 11 is 0. The smallest absolute Gasteiger partial charge is 0.261 e. The first kappa shape index (κ1) is 17.1. The number of likely N-dealkylation sites (tertiary alicyclic amines) is 1. The van der Waals surface area contributed by atoms with Gasteiger partial charge < -0.3 is 9.30 Å². The largest absolute Gasteiger partial charge is 0.307 e. The zero-order valence-corrected chi connectivity index (χ0v) is 16.2. The number of hydrogen-bond acceptors (Lipinski definition) is 4. The molecule has 0 bridgehead atoms. The van der Waals surface area contributed by atoms with E-state index in [0.717, 1.165) is 53.9 Å². The van der Waals surface area contributed by atoms with Crippen LogP contribution in [0.2, 0.25) is 0 Å². The third-order valence-electron chi connectivity index (χ3n) is 5.78. The number of nitrogens with zero attached hydrogens (tertiary/aromatic N) is 5. The topological polar surface area (TPSA) is 55.4 Å². The average Bonchev–Trinajstić information content (AvgIpc) is 3.08. The first-order valence-electron chi connectivity index (χ1n) is 9.74. The van der Waals surface area contributed by atoms with E-state index in [1.165, 1.54) is 0 Å². The molecular weight excluding hydrogens is 350 g/mol. The molecule has 0 atom stereocenters. The van der Waals surface area contributed by atoms with Crippen molar-refractivity contribution in [3.8, 4) is 11.1 Å². The van der Waals surface area contributed by atoms with Crippen LogP contribution in [0.1, 0.15) is 24.6 Å². The third kappa shape index (κ3) is 2.90. The highest BCUT2D eigenvalue weighted by Gasteiger charge is 2.20. The van der Waals surface area contributed by atoms with Crippen molar-refractivity contribution in [2.24, 2.45) is 0 Å². The molecule has 1 aromatic carbocycles. The van der Waals surface area contributed by atoms with E-state index in [9.17, 15) is 4.79 Å². The first-order chi connectivity index (χ1) is 13.6. The summed E-state index contributed by atoms with van der Waals surface area (Å²) in [5.41, 5.74) is 4.76. The van der Waals surface area contributed by atoms with Gasteiger partial charge in [0.2, 0.25) is 0 Å². The summed E-state index contributed by atoms with van der Waals surface area (Å²) < 4.78 is 3.84. The summed E-state index contributed by atoms with van der Waals surface area (Å²) in [6, 6.07) is 10.3. The van der Waals surface area contributed by atoms with Crippen LogP contribution in [0.15, 0.2) is 53.8 Å². The van der Waals surface area contributed by atoms with Crippen LogP contribution in [0.4, 0.5) is 0 Å². The highest BCUT2D eigenvalue weighted by molar-refractivity contribution is 5.84. The van der Waals surface area contributed by atoms with Crippen LogP contribution in [0, 0.1) is 6.92 Å². The number of pyridine rings is 1. The van der Waals surface area contributed by atoms with Crippen molar-refractivity contribution >= 4 is 16.6 Å². The monoisotopic (exact) mass is 373 g/mol. The molecule has 0 saturated carbocycles. The molecule has 1 aliphatic rings. The number of aromatic nitrogens is 4. The van der Waals surface area contributed by atoms with Crippen molar-refractivity contribution in [2.45, 2.75) is 25.8 Å². The second-order valence-electron chi connectivity index (χ2n) is 7.79. The second kappa shape index (κ2) is 6.56. The molecule has 4 aromatic rings. The zero-order valence-electron chi connectivity index (χ0n) is 16.2.